The van der Waals surface area contributed by atoms with Crippen LogP contribution in [0.3, 0.4) is 0 Å². The second kappa shape index (κ2) is 6.30. The summed E-state index contributed by atoms with van der Waals surface area (Å²) in [6, 6.07) is 8.33. The van der Waals surface area contributed by atoms with Crippen LogP contribution in [0.4, 0.5) is 0 Å². The Labute approximate surface area is 126 Å². The van der Waals surface area contributed by atoms with Crippen molar-refractivity contribution in [3.63, 3.8) is 0 Å². The van der Waals surface area contributed by atoms with Crippen LogP contribution < -0.4 is 0 Å². The standard InChI is InChI=1S/C15H16N2O3S/c18-14(19)8-4-3-7-13-16-17-15(20-13)12-9-10-5-1-2-6-11(10)21-12/h1-2,5-6,12H,3-4,7-9H2,(H,18,19). The summed E-state index contributed by atoms with van der Waals surface area (Å²) in [5.41, 5.74) is 1.33. The highest BCUT2D eigenvalue weighted by atomic mass is 32.2. The fourth-order valence-electron chi connectivity index (χ4n) is 2.37. The van der Waals surface area contributed by atoms with Crippen LogP contribution in [-0.2, 0) is 17.6 Å². The smallest absolute Gasteiger partial charge is 0.303 e. The van der Waals surface area contributed by atoms with Crippen molar-refractivity contribution in [3.05, 3.63) is 41.6 Å². The number of hydrogen-bond donors (Lipinski definition) is 1. The van der Waals surface area contributed by atoms with E-state index < -0.39 is 5.97 Å². The van der Waals surface area contributed by atoms with Gasteiger partial charge < -0.3 is 9.52 Å². The zero-order valence-corrected chi connectivity index (χ0v) is 12.3. The minimum absolute atomic E-state index is 0.189. The van der Waals surface area contributed by atoms with Gasteiger partial charge in [-0.05, 0) is 30.9 Å². The normalized spacial score (nSPS) is 16.9. The van der Waals surface area contributed by atoms with E-state index in [2.05, 4.69) is 22.3 Å². The number of fused-ring (bicyclic) bond motifs is 1. The molecule has 21 heavy (non-hydrogen) atoms. The molecule has 1 N–H and O–H groups in total. The molecule has 0 spiro atoms. The Hall–Kier alpha value is -1.82. The maximum absolute atomic E-state index is 10.4. The second-order valence-corrected chi connectivity index (χ2v) is 6.30. The molecule has 5 nitrogen and oxygen atoms in total. The van der Waals surface area contributed by atoms with Crippen molar-refractivity contribution >= 4 is 17.7 Å². The number of carboxylic acids is 1. The second-order valence-electron chi connectivity index (χ2n) is 5.05. The Morgan fingerprint density at radius 3 is 3.00 bits per heavy atom. The molecular formula is C15H16N2O3S. The SMILES string of the molecule is O=C(O)CCCCc1nnc(C2Cc3ccccc3S2)o1. The van der Waals surface area contributed by atoms with E-state index in [-0.39, 0.29) is 11.7 Å². The Balaban J connectivity index is 1.55. The van der Waals surface area contributed by atoms with Gasteiger partial charge in [-0.3, -0.25) is 4.79 Å². The zero-order chi connectivity index (χ0) is 14.7. The summed E-state index contributed by atoms with van der Waals surface area (Å²) >= 11 is 1.76. The zero-order valence-electron chi connectivity index (χ0n) is 11.5. The Morgan fingerprint density at radius 2 is 2.19 bits per heavy atom. The largest absolute Gasteiger partial charge is 0.481 e. The minimum Gasteiger partial charge on any atom is -0.481 e. The monoisotopic (exact) mass is 304 g/mol. The molecule has 1 aromatic carbocycles. The number of aliphatic carboxylic acids is 1. The van der Waals surface area contributed by atoms with Crippen molar-refractivity contribution in [3.8, 4) is 0 Å². The molecule has 0 bridgehead atoms. The van der Waals surface area contributed by atoms with Crippen molar-refractivity contribution in [2.24, 2.45) is 0 Å². The molecule has 0 fully saturated rings. The third kappa shape index (κ3) is 3.44. The third-order valence-corrected chi connectivity index (χ3v) is 4.74. The van der Waals surface area contributed by atoms with Crippen LogP contribution in [0.15, 0.2) is 33.6 Å². The Morgan fingerprint density at radius 1 is 1.33 bits per heavy atom. The topological polar surface area (TPSA) is 76.2 Å². The summed E-state index contributed by atoms with van der Waals surface area (Å²) in [7, 11) is 0. The van der Waals surface area contributed by atoms with Crippen LogP contribution in [0.1, 0.15) is 41.9 Å². The lowest BCUT2D eigenvalue weighted by molar-refractivity contribution is -0.137. The molecule has 1 aliphatic rings. The fraction of sp³-hybridized carbons (Fsp3) is 0.400. The highest BCUT2D eigenvalue weighted by Crippen LogP contribution is 2.45. The molecule has 1 unspecified atom stereocenters. The van der Waals surface area contributed by atoms with Crippen molar-refractivity contribution in [2.75, 3.05) is 0 Å². The van der Waals surface area contributed by atoms with E-state index in [9.17, 15) is 4.79 Å². The summed E-state index contributed by atoms with van der Waals surface area (Å²) < 4.78 is 5.72. The molecule has 3 rings (SSSR count). The molecular weight excluding hydrogens is 288 g/mol. The minimum atomic E-state index is -0.763. The fourth-order valence-corrected chi connectivity index (χ4v) is 3.60. The van der Waals surface area contributed by atoms with E-state index in [1.165, 1.54) is 10.5 Å². The van der Waals surface area contributed by atoms with Gasteiger partial charge in [0.25, 0.3) is 0 Å². The van der Waals surface area contributed by atoms with Gasteiger partial charge in [0.2, 0.25) is 11.8 Å². The van der Waals surface area contributed by atoms with Gasteiger partial charge in [0.15, 0.2) is 0 Å². The van der Waals surface area contributed by atoms with E-state index >= 15 is 0 Å². The molecule has 2 heterocycles. The van der Waals surface area contributed by atoms with Crippen LogP contribution in [0.2, 0.25) is 0 Å². The summed E-state index contributed by atoms with van der Waals surface area (Å²) in [5, 5.41) is 17.0. The van der Waals surface area contributed by atoms with Gasteiger partial charge in [0, 0.05) is 17.7 Å². The first-order valence-electron chi connectivity index (χ1n) is 7.01. The number of nitrogens with zero attached hydrogens (tertiary/aromatic N) is 2. The van der Waals surface area contributed by atoms with Crippen molar-refractivity contribution in [1.29, 1.82) is 0 Å². The predicted octanol–water partition coefficient (Wildman–Crippen LogP) is 3.26. The summed E-state index contributed by atoms with van der Waals surface area (Å²) in [6.07, 6.45) is 3.14. The van der Waals surface area contributed by atoms with Gasteiger partial charge in [-0.1, -0.05) is 18.2 Å². The summed E-state index contributed by atoms with van der Waals surface area (Å²) in [4.78, 5) is 11.7. The number of carboxylic acid groups (broad SMARTS) is 1. The number of aryl methyl sites for hydroxylation is 1. The van der Waals surface area contributed by atoms with Gasteiger partial charge in [0.05, 0.1) is 5.25 Å². The lowest BCUT2D eigenvalue weighted by Crippen LogP contribution is -1.95. The van der Waals surface area contributed by atoms with Crippen LogP contribution >= 0.6 is 11.8 Å². The molecule has 0 radical (unpaired) electrons. The number of rotatable bonds is 6. The third-order valence-electron chi connectivity index (χ3n) is 3.44. The maximum atomic E-state index is 10.4. The van der Waals surface area contributed by atoms with Gasteiger partial charge in [-0.25, -0.2) is 0 Å². The molecule has 2 aromatic rings. The lowest BCUT2D eigenvalue weighted by Gasteiger charge is -2.00. The first kappa shape index (κ1) is 14.1. The molecule has 0 saturated heterocycles. The maximum Gasteiger partial charge on any atom is 0.303 e. The van der Waals surface area contributed by atoms with E-state index in [4.69, 9.17) is 9.52 Å². The molecule has 1 atom stereocenters. The molecule has 0 amide bonds. The van der Waals surface area contributed by atoms with Crippen molar-refractivity contribution < 1.29 is 14.3 Å². The van der Waals surface area contributed by atoms with Gasteiger partial charge >= 0.3 is 5.97 Å². The number of hydrogen-bond acceptors (Lipinski definition) is 5. The van der Waals surface area contributed by atoms with Crippen molar-refractivity contribution in [2.45, 2.75) is 42.2 Å². The molecule has 1 aromatic heterocycles. The van der Waals surface area contributed by atoms with Gasteiger partial charge in [-0.2, -0.15) is 0 Å². The van der Waals surface area contributed by atoms with Gasteiger partial charge in [0.1, 0.15) is 0 Å². The van der Waals surface area contributed by atoms with Crippen LogP contribution in [0, 0.1) is 0 Å². The highest BCUT2D eigenvalue weighted by molar-refractivity contribution is 7.99. The van der Waals surface area contributed by atoms with Crippen LogP contribution in [0.25, 0.3) is 0 Å². The summed E-state index contributed by atoms with van der Waals surface area (Å²) in [6.45, 7) is 0. The number of benzene rings is 1. The Kier molecular flexibility index (Phi) is 4.24. The first-order valence-corrected chi connectivity index (χ1v) is 7.89. The van der Waals surface area contributed by atoms with E-state index in [1.54, 1.807) is 11.8 Å². The molecule has 1 aliphatic heterocycles. The van der Waals surface area contributed by atoms with Crippen LogP contribution in [-0.4, -0.2) is 21.3 Å². The average molecular weight is 304 g/mol. The lowest BCUT2D eigenvalue weighted by atomic mass is 10.1. The Bertz CT molecular complexity index is 616. The number of thioether (sulfide) groups is 1. The first-order chi connectivity index (χ1) is 10.2. The number of aromatic nitrogens is 2. The number of unbranched alkanes of at least 4 members (excludes halogenated alkanes) is 1. The van der Waals surface area contributed by atoms with Crippen LogP contribution in [0.5, 0.6) is 0 Å². The van der Waals surface area contributed by atoms with E-state index in [1.807, 2.05) is 12.1 Å². The number of carbonyl (C=O) groups is 1. The quantitative estimate of drug-likeness (QED) is 0.825. The highest BCUT2D eigenvalue weighted by Gasteiger charge is 2.27. The molecule has 110 valence electrons. The van der Waals surface area contributed by atoms with E-state index in [0.717, 1.165) is 12.8 Å². The molecule has 0 aliphatic carbocycles. The molecule has 0 saturated carbocycles. The summed E-state index contributed by atoms with van der Waals surface area (Å²) in [5.74, 6) is 0.512. The van der Waals surface area contributed by atoms with E-state index in [0.29, 0.717) is 24.6 Å². The van der Waals surface area contributed by atoms with Gasteiger partial charge in [-0.15, -0.1) is 22.0 Å². The predicted molar refractivity (Wildman–Crippen MR) is 78.2 cm³/mol. The molecule has 6 heteroatoms. The van der Waals surface area contributed by atoms with Crippen molar-refractivity contribution in [1.82, 2.24) is 10.2 Å². The average Bonchev–Trinajstić information content (AvgIpc) is 3.09.